The second-order valence-corrected chi connectivity index (χ2v) is 11.5. The van der Waals surface area contributed by atoms with Gasteiger partial charge in [0.15, 0.2) is 11.6 Å². The van der Waals surface area contributed by atoms with Gasteiger partial charge in [0.25, 0.3) is 0 Å². The highest BCUT2D eigenvalue weighted by Gasteiger charge is 2.69. The molecule has 3 heterocycles. The molecule has 0 spiro atoms. The zero-order valence-electron chi connectivity index (χ0n) is 20.5. The van der Waals surface area contributed by atoms with Crippen LogP contribution in [0.5, 0.6) is 11.8 Å². The van der Waals surface area contributed by atoms with Gasteiger partial charge in [-0.2, -0.15) is 0 Å². The molecule has 35 heavy (non-hydrogen) atoms. The summed E-state index contributed by atoms with van der Waals surface area (Å²) in [5, 5.41) is 23.9. The molecule has 2 aromatic heterocycles. The topological polar surface area (TPSA) is 129 Å². The number of esters is 1. The van der Waals surface area contributed by atoms with Crippen molar-refractivity contribution in [3.63, 3.8) is 0 Å². The number of aromatic nitrogens is 2. The Morgan fingerprint density at radius 1 is 1.34 bits per heavy atom. The Bertz CT molecular complexity index is 1160. The highest BCUT2D eigenvalue weighted by molar-refractivity contribution is 7.09. The largest absolute Gasteiger partial charge is 0.494 e. The summed E-state index contributed by atoms with van der Waals surface area (Å²) in [5.74, 6) is -0.0335. The van der Waals surface area contributed by atoms with Crippen LogP contribution in [0, 0.1) is 11.3 Å². The lowest BCUT2D eigenvalue weighted by molar-refractivity contribution is -0.221. The lowest BCUT2D eigenvalue weighted by Gasteiger charge is -2.50. The van der Waals surface area contributed by atoms with E-state index in [1.807, 2.05) is 6.08 Å². The molecule has 1 aliphatic heterocycles. The first kappa shape index (κ1) is 24.3. The molecule has 10 heteroatoms. The summed E-state index contributed by atoms with van der Waals surface area (Å²) in [6.07, 6.45) is 5.54. The smallest absolute Gasteiger partial charge is 0.357 e. The number of hydrogen-bond donors (Lipinski definition) is 3. The van der Waals surface area contributed by atoms with Crippen LogP contribution in [0.2, 0.25) is 0 Å². The van der Waals surface area contributed by atoms with Crippen molar-refractivity contribution in [3.8, 4) is 11.8 Å². The number of ether oxygens (including phenoxy) is 3. The summed E-state index contributed by atoms with van der Waals surface area (Å²) in [5.41, 5.74) is 7.53. The summed E-state index contributed by atoms with van der Waals surface area (Å²) in [6, 6.07) is -0.119. The first-order valence-corrected chi connectivity index (χ1v) is 12.9. The van der Waals surface area contributed by atoms with Gasteiger partial charge in [-0.25, -0.2) is 9.78 Å². The molecule has 2 bridgehead atoms. The summed E-state index contributed by atoms with van der Waals surface area (Å²) in [6.45, 7) is 7.18. The molecule has 5 atom stereocenters. The first-order chi connectivity index (χ1) is 16.6. The molecule has 190 valence electrons. The number of nitrogens with two attached hydrogens (primary N) is 1. The van der Waals surface area contributed by atoms with E-state index in [9.17, 15) is 15.0 Å². The van der Waals surface area contributed by atoms with Crippen LogP contribution in [-0.2, 0) is 26.4 Å². The third-order valence-corrected chi connectivity index (χ3v) is 8.42. The van der Waals surface area contributed by atoms with Crippen molar-refractivity contribution in [2.45, 2.75) is 70.4 Å². The number of carbonyl (C=O) groups excluding carboxylic acids is 1. The molecule has 5 unspecified atom stereocenters. The molecule has 0 radical (unpaired) electrons. The molecular formula is C25H33N3O6S. The van der Waals surface area contributed by atoms with Crippen molar-refractivity contribution in [1.29, 1.82) is 0 Å². The van der Waals surface area contributed by atoms with Crippen LogP contribution >= 0.6 is 11.3 Å². The quantitative estimate of drug-likeness (QED) is 0.253. The second-order valence-electron chi connectivity index (χ2n) is 10.6. The Hall–Kier alpha value is -2.40. The number of nitrogens with zero attached hydrogens (tertiary/aromatic N) is 2. The Kier molecular flexibility index (Phi) is 5.98. The number of fused-ring (bicyclic) bond motifs is 2. The van der Waals surface area contributed by atoms with Gasteiger partial charge in [0, 0.05) is 30.5 Å². The van der Waals surface area contributed by atoms with E-state index in [4.69, 9.17) is 19.9 Å². The van der Waals surface area contributed by atoms with Crippen molar-refractivity contribution in [2.75, 3.05) is 13.7 Å². The minimum Gasteiger partial charge on any atom is -0.494 e. The molecule has 9 nitrogen and oxygen atoms in total. The summed E-state index contributed by atoms with van der Waals surface area (Å²) < 4.78 is 18.4. The number of aromatic hydroxyl groups is 2. The number of rotatable bonds is 10. The van der Waals surface area contributed by atoms with Gasteiger partial charge in [-0.05, 0) is 24.7 Å². The van der Waals surface area contributed by atoms with Gasteiger partial charge in [-0.1, -0.05) is 32.9 Å². The van der Waals surface area contributed by atoms with E-state index >= 15 is 0 Å². The molecule has 1 saturated heterocycles. The lowest BCUT2D eigenvalue weighted by atomic mass is 9.72. The SMILES string of the molecule is COC(=O)c1csc(C(CC(N)C(C)(C)C)OCCCCn2c(O)c3c(c2O)C24C=CC2C3O4)n1. The summed E-state index contributed by atoms with van der Waals surface area (Å²) in [4.78, 5) is 16.3. The van der Waals surface area contributed by atoms with E-state index in [0.29, 0.717) is 37.4 Å². The molecule has 5 rings (SSSR count). The van der Waals surface area contributed by atoms with Crippen LogP contribution in [0.1, 0.15) is 78.9 Å². The Labute approximate surface area is 208 Å². The van der Waals surface area contributed by atoms with Gasteiger partial charge in [0.05, 0.1) is 24.3 Å². The van der Waals surface area contributed by atoms with Crippen LogP contribution in [0.25, 0.3) is 0 Å². The van der Waals surface area contributed by atoms with Gasteiger partial charge >= 0.3 is 5.97 Å². The maximum atomic E-state index is 11.8. The van der Waals surface area contributed by atoms with E-state index < -0.39 is 11.6 Å². The van der Waals surface area contributed by atoms with E-state index in [1.54, 1.807) is 9.95 Å². The molecule has 4 N–H and O–H groups in total. The minimum absolute atomic E-state index is 0.0971. The monoisotopic (exact) mass is 503 g/mol. The van der Waals surface area contributed by atoms with Gasteiger partial charge in [0.2, 0.25) is 5.88 Å². The summed E-state index contributed by atoms with van der Waals surface area (Å²) >= 11 is 1.36. The highest BCUT2D eigenvalue weighted by Crippen LogP contribution is 2.73. The van der Waals surface area contributed by atoms with E-state index in [0.717, 1.165) is 11.1 Å². The van der Waals surface area contributed by atoms with Crippen LogP contribution < -0.4 is 5.73 Å². The van der Waals surface area contributed by atoms with Crippen molar-refractivity contribution >= 4 is 17.3 Å². The van der Waals surface area contributed by atoms with Gasteiger partial charge in [-0.3, -0.25) is 4.57 Å². The average molecular weight is 504 g/mol. The van der Waals surface area contributed by atoms with Crippen LogP contribution in [0.4, 0.5) is 0 Å². The van der Waals surface area contributed by atoms with Crippen molar-refractivity contribution < 1.29 is 29.2 Å². The molecule has 2 aromatic rings. The Balaban J connectivity index is 1.19. The van der Waals surface area contributed by atoms with Crippen LogP contribution in [0.3, 0.4) is 0 Å². The Morgan fingerprint density at radius 2 is 2.11 bits per heavy atom. The normalized spacial score (nSPS) is 25.4. The molecular weight excluding hydrogens is 470 g/mol. The predicted octanol–water partition coefficient (Wildman–Crippen LogP) is 3.91. The van der Waals surface area contributed by atoms with Crippen molar-refractivity contribution in [3.05, 3.63) is 39.4 Å². The second kappa shape index (κ2) is 8.62. The maximum Gasteiger partial charge on any atom is 0.357 e. The third kappa shape index (κ3) is 3.78. The summed E-state index contributed by atoms with van der Waals surface area (Å²) in [7, 11) is 1.33. The van der Waals surface area contributed by atoms with Crippen molar-refractivity contribution in [1.82, 2.24) is 9.55 Å². The first-order valence-electron chi connectivity index (χ1n) is 12.0. The maximum absolute atomic E-state index is 11.8. The van der Waals surface area contributed by atoms with Crippen molar-refractivity contribution in [2.24, 2.45) is 17.1 Å². The number of carbonyl (C=O) groups is 1. The zero-order valence-corrected chi connectivity index (χ0v) is 21.3. The van der Waals surface area contributed by atoms with E-state index in [-0.39, 0.29) is 47.0 Å². The predicted molar refractivity (Wildman–Crippen MR) is 129 cm³/mol. The molecule has 0 amide bonds. The number of thiazole rings is 1. The van der Waals surface area contributed by atoms with E-state index in [1.165, 1.54) is 18.4 Å². The molecule has 0 aromatic carbocycles. The van der Waals surface area contributed by atoms with Gasteiger partial charge < -0.3 is 30.2 Å². The van der Waals surface area contributed by atoms with E-state index in [2.05, 4.69) is 31.8 Å². The average Bonchev–Trinajstić information content (AvgIpc) is 3.51. The van der Waals surface area contributed by atoms with Crippen LogP contribution in [0.15, 0.2) is 17.5 Å². The number of hydrogen-bond acceptors (Lipinski definition) is 9. The standard InChI is InChI=1S/C25H33N3O6S/c1-24(2,3)16(26)11-15(20-27-14(12-35-20)23(31)32-4)33-10-6-5-9-28-21(29)17-18(22(28)30)25-8-7-13(25)19(17)34-25/h7-8,12-13,15-16,19,29-30H,5-6,9-11,26H2,1-4H3. The van der Waals surface area contributed by atoms with Gasteiger partial charge in [-0.15, -0.1) is 11.3 Å². The highest BCUT2D eigenvalue weighted by atomic mass is 32.1. The zero-order chi connectivity index (χ0) is 25.1. The molecule has 1 fully saturated rings. The molecule has 3 aliphatic rings. The molecule has 0 saturated carbocycles. The third-order valence-electron chi connectivity index (χ3n) is 7.48. The van der Waals surface area contributed by atoms with Gasteiger partial charge in [0.1, 0.15) is 16.7 Å². The fourth-order valence-corrected chi connectivity index (χ4v) is 5.97. The lowest BCUT2D eigenvalue weighted by Crippen LogP contribution is -2.49. The number of unbranched alkanes of at least 4 members (excludes halogenated alkanes) is 1. The number of methoxy groups -OCH3 is 1. The molecule has 2 aliphatic carbocycles. The fraction of sp³-hybridized carbons (Fsp3) is 0.600. The Morgan fingerprint density at radius 3 is 2.74 bits per heavy atom. The fourth-order valence-electron chi connectivity index (χ4n) is 5.12. The van der Waals surface area contributed by atoms with Crippen LogP contribution in [-0.4, -0.2) is 45.5 Å². The minimum atomic E-state index is -0.522.